The van der Waals surface area contributed by atoms with E-state index in [0.717, 1.165) is 11.3 Å². The molecule has 6 heteroatoms. The van der Waals surface area contributed by atoms with Crippen LogP contribution in [0.25, 0.3) is 5.69 Å². The Kier molecular flexibility index (Phi) is 3.84. The lowest BCUT2D eigenvalue weighted by molar-refractivity contribution is 0.102. The van der Waals surface area contributed by atoms with Crippen LogP contribution in [0.5, 0.6) is 0 Å². The normalized spacial score (nSPS) is 10.4. The van der Waals surface area contributed by atoms with Crippen LogP contribution >= 0.6 is 12.2 Å². The van der Waals surface area contributed by atoms with Gasteiger partial charge >= 0.3 is 0 Å². The Hall–Kier alpha value is -2.73. The number of benzene rings is 1. The van der Waals surface area contributed by atoms with Gasteiger partial charge in [-0.05, 0) is 42.9 Å². The third-order valence-corrected chi connectivity index (χ3v) is 3.48. The molecule has 22 heavy (non-hydrogen) atoms. The molecule has 5 nitrogen and oxygen atoms in total. The monoisotopic (exact) mass is 310 g/mol. The minimum atomic E-state index is -0.271. The van der Waals surface area contributed by atoms with Gasteiger partial charge in [-0.25, -0.2) is 4.98 Å². The molecular weight excluding hydrogens is 296 g/mol. The summed E-state index contributed by atoms with van der Waals surface area (Å²) < 4.78 is 2.16. The van der Waals surface area contributed by atoms with Crippen LogP contribution in [0.2, 0.25) is 0 Å². The zero-order valence-electron chi connectivity index (χ0n) is 11.9. The van der Waals surface area contributed by atoms with Gasteiger partial charge in [0.15, 0.2) is 4.77 Å². The molecule has 0 saturated carbocycles. The second kappa shape index (κ2) is 5.95. The van der Waals surface area contributed by atoms with Gasteiger partial charge in [-0.3, -0.25) is 9.36 Å². The Morgan fingerprint density at radius 2 is 2.00 bits per heavy atom. The lowest BCUT2D eigenvalue weighted by atomic mass is 10.3. The smallest absolute Gasteiger partial charge is 0.275 e. The molecule has 0 bridgehead atoms. The summed E-state index contributed by atoms with van der Waals surface area (Å²) in [7, 11) is 0. The molecule has 0 aliphatic heterocycles. The maximum Gasteiger partial charge on any atom is 0.275 e. The van der Waals surface area contributed by atoms with Gasteiger partial charge in [-0.15, -0.1) is 0 Å². The van der Waals surface area contributed by atoms with Crippen molar-refractivity contribution in [3.05, 3.63) is 70.9 Å². The van der Waals surface area contributed by atoms with E-state index >= 15 is 0 Å². The summed E-state index contributed by atoms with van der Waals surface area (Å²) in [6.45, 7) is 1.94. The summed E-state index contributed by atoms with van der Waals surface area (Å²) in [4.78, 5) is 19.6. The second-order valence-electron chi connectivity index (χ2n) is 4.82. The highest BCUT2D eigenvalue weighted by Gasteiger charge is 2.14. The van der Waals surface area contributed by atoms with Crippen LogP contribution in [0, 0.1) is 11.7 Å². The summed E-state index contributed by atoms with van der Waals surface area (Å²) in [5.74, 6) is 0.231. The Bertz CT molecular complexity index is 850. The Morgan fingerprint density at radius 3 is 2.68 bits per heavy atom. The number of nitrogens with zero attached hydrogens (tertiary/aromatic N) is 2. The van der Waals surface area contributed by atoms with Crippen molar-refractivity contribution in [3.63, 3.8) is 0 Å². The first kappa shape index (κ1) is 14.2. The van der Waals surface area contributed by atoms with Gasteiger partial charge < -0.3 is 10.3 Å². The van der Waals surface area contributed by atoms with Gasteiger partial charge in [-0.2, -0.15) is 0 Å². The molecule has 2 N–H and O–H groups in total. The highest BCUT2D eigenvalue weighted by atomic mass is 32.1. The maximum absolute atomic E-state index is 12.5. The molecule has 0 saturated heterocycles. The lowest BCUT2D eigenvalue weighted by Gasteiger charge is -2.08. The standard InChI is InChI=1S/C16H14N4OS/c1-11-7-8-14(17-9-11)19-15(21)13-10-18-16(22)20(13)12-5-3-2-4-6-12/h2-10H,1H3,(H,18,22)(H,17,19,21). The Balaban J connectivity index is 1.94. The number of amides is 1. The first-order chi connectivity index (χ1) is 10.6. The first-order valence-electron chi connectivity index (χ1n) is 6.75. The Labute approximate surface area is 132 Å². The van der Waals surface area contributed by atoms with E-state index in [1.807, 2.05) is 43.3 Å². The predicted molar refractivity (Wildman–Crippen MR) is 87.9 cm³/mol. The predicted octanol–water partition coefficient (Wildman–Crippen LogP) is 3.49. The van der Waals surface area contributed by atoms with E-state index in [-0.39, 0.29) is 5.91 Å². The lowest BCUT2D eigenvalue weighted by Crippen LogP contribution is -2.17. The molecule has 0 spiro atoms. The number of carbonyl (C=O) groups excluding carboxylic acids is 1. The van der Waals surface area contributed by atoms with E-state index in [2.05, 4.69) is 15.3 Å². The first-order valence-corrected chi connectivity index (χ1v) is 7.16. The van der Waals surface area contributed by atoms with Crippen LogP contribution in [0.1, 0.15) is 16.1 Å². The van der Waals surface area contributed by atoms with Crippen molar-refractivity contribution >= 4 is 23.9 Å². The van der Waals surface area contributed by atoms with Gasteiger partial charge in [-0.1, -0.05) is 24.3 Å². The molecule has 2 heterocycles. The molecule has 0 fully saturated rings. The molecule has 0 unspecified atom stereocenters. The molecule has 3 rings (SSSR count). The fourth-order valence-electron chi connectivity index (χ4n) is 2.09. The third kappa shape index (κ3) is 2.82. The van der Waals surface area contributed by atoms with Gasteiger partial charge in [0.1, 0.15) is 11.5 Å². The van der Waals surface area contributed by atoms with Crippen LogP contribution in [0.4, 0.5) is 5.82 Å². The maximum atomic E-state index is 12.5. The van der Waals surface area contributed by atoms with Crippen LogP contribution < -0.4 is 5.32 Å². The topological polar surface area (TPSA) is 62.7 Å². The number of aryl methyl sites for hydroxylation is 1. The molecule has 1 amide bonds. The van der Waals surface area contributed by atoms with E-state index < -0.39 is 0 Å². The number of H-pyrrole nitrogens is 1. The number of para-hydroxylation sites is 1. The van der Waals surface area contributed by atoms with Crippen molar-refractivity contribution < 1.29 is 4.79 Å². The molecule has 3 aromatic rings. The molecule has 110 valence electrons. The van der Waals surface area contributed by atoms with Gasteiger partial charge in [0, 0.05) is 18.1 Å². The molecule has 0 radical (unpaired) electrons. The van der Waals surface area contributed by atoms with Crippen molar-refractivity contribution in [2.75, 3.05) is 5.32 Å². The average Bonchev–Trinajstić information content (AvgIpc) is 2.92. The second-order valence-corrected chi connectivity index (χ2v) is 5.21. The largest absolute Gasteiger partial charge is 0.336 e. The Morgan fingerprint density at radius 1 is 1.23 bits per heavy atom. The number of hydrogen-bond acceptors (Lipinski definition) is 3. The molecule has 0 aliphatic carbocycles. The van der Waals surface area contributed by atoms with E-state index in [9.17, 15) is 4.79 Å². The van der Waals surface area contributed by atoms with Crippen molar-refractivity contribution in [2.24, 2.45) is 0 Å². The molecule has 2 aromatic heterocycles. The van der Waals surface area contributed by atoms with Gasteiger partial charge in [0.25, 0.3) is 5.91 Å². The van der Waals surface area contributed by atoms with Gasteiger partial charge in [0.05, 0.1) is 0 Å². The minimum Gasteiger partial charge on any atom is -0.336 e. The van der Waals surface area contributed by atoms with Crippen LogP contribution in [0.3, 0.4) is 0 Å². The number of imidazole rings is 1. The quantitative estimate of drug-likeness (QED) is 0.728. The van der Waals surface area contributed by atoms with E-state index in [0.29, 0.717) is 16.3 Å². The van der Waals surface area contributed by atoms with Crippen molar-refractivity contribution in [2.45, 2.75) is 6.92 Å². The molecule has 1 aromatic carbocycles. The summed E-state index contributed by atoms with van der Waals surface area (Å²) in [5.41, 5.74) is 2.29. The third-order valence-electron chi connectivity index (χ3n) is 3.18. The summed E-state index contributed by atoms with van der Waals surface area (Å²) >= 11 is 5.27. The minimum absolute atomic E-state index is 0.271. The van der Waals surface area contributed by atoms with E-state index in [4.69, 9.17) is 12.2 Å². The van der Waals surface area contributed by atoms with E-state index in [1.54, 1.807) is 23.0 Å². The van der Waals surface area contributed by atoms with E-state index in [1.165, 1.54) is 0 Å². The zero-order chi connectivity index (χ0) is 15.5. The number of aromatic nitrogens is 3. The summed E-state index contributed by atoms with van der Waals surface area (Å²) in [6.07, 6.45) is 3.30. The summed E-state index contributed by atoms with van der Waals surface area (Å²) in [5, 5.41) is 2.77. The van der Waals surface area contributed by atoms with Crippen molar-refractivity contribution in [1.82, 2.24) is 14.5 Å². The van der Waals surface area contributed by atoms with Gasteiger partial charge in [0.2, 0.25) is 0 Å². The highest BCUT2D eigenvalue weighted by molar-refractivity contribution is 7.71. The summed E-state index contributed by atoms with van der Waals surface area (Å²) in [6, 6.07) is 13.1. The number of carbonyl (C=O) groups is 1. The SMILES string of the molecule is Cc1ccc(NC(=O)c2c[nH]c(=S)n2-c2ccccc2)nc1. The molecule has 0 aliphatic rings. The highest BCUT2D eigenvalue weighted by Crippen LogP contribution is 2.14. The van der Waals surface area contributed by atoms with Crippen LogP contribution in [-0.2, 0) is 0 Å². The fourth-order valence-corrected chi connectivity index (χ4v) is 2.35. The number of aromatic amines is 1. The molecule has 0 atom stereocenters. The number of rotatable bonds is 3. The molecular formula is C16H14N4OS. The van der Waals surface area contributed by atoms with Crippen LogP contribution in [0.15, 0.2) is 54.9 Å². The number of hydrogen-bond donors (Lipinski definition) is 2. The number of nitrogens with one attached hydrogen (secondary N) is 2. The average molecular weight is 310 g/mol. The number of anilines is 1. The van der Waals surface area contributed by atoms with Crippen molar-refractivity contribution in [1.29, 1.82) is 0 Å². The zero-order valence-corrected chi connectivity index (χ0v) is 12.7. The number of pyridine rings is 1. The fraction of sp³-hybridized carbons (Fsp3) is 0.0625. The van der Waals surface area contributed by atoms with Crippen molar-refractivity contribution in [3.8, 4) is 5.69 Å². The van der Waals surface area contributed by atoms with Crippen LogP contribution in [-0.4, -0.2) is 20.4 Å².